The van der Waals surface area contributed by atoms with E-state index in [0.717, 1.165) is 20.3 Å². The van der Waals surface area contributed by atoms with Crippen molar-refractivity contribution in [2.45, 2.75) is 26.4 Å². The van der Waals surface area contributed by atoms with Crippen molar-refractivity contribution in [3.63, 3.8) is 0 Å². The monoisotopic (exact) mass is 407 g/mol. The fourth-order valence-corrected chi connectivity index (χ4v) is 3.46. The molecule has 1 aromatic carbocycles. The molecule has 6 heteroatoms. The largest absolute Gasteiger partial charge is 0.494 e. The van der Waals surface area contributed by atoms with Crippen molar-refractivity contribution in [1.29, 1.82) is 0 Å². The molecule has 0 saturated heterocycles. The minimum atomic E-state index is -0.320. The molecule has 20 heavy (non-hydrogen) atoms. The van der Waals surface area contributed by atoms with Crippen molar-refractivity contribution in [3.05, 3.63) is 26.6 Å². The highest BCUT2D eigenvalue weighted by Gasteiger charge is 2.22. The van der Waals surface area contributed by atoms with Crippen LogP contribution in [0.15, 0.2) is 21.1 Å². The lowest BCUT2D eigenvalue weighted by atomic mass is 10.0. The molecular formula is C14H19Br2NO3. The molecule has 0 spiro atoms. The smallest absolute Gasteiger partial charge is 0.323 e. The number of benzene rings is 1. The number of carbonyl (C=O) groups is 1. The van der Waals surface area contributed by atoms with Crippen LogP contribution in [0.25, 0.3) is 0 Å². The van der Waals surface area contributed by atoms with E-state index in [4.69, 9.17) is 9.47 Å². The molecule has 4 nitrogen and oxygen atoms in total. The molecule has 0 heterocycles. The van der Waals surface area contributed by atoms with Crippen molar-refractivity contribution in [1.82, 2.24) is 5.32 Å². The average Bonchev–Trinajstić information content (AvgIpc) is 2.37. The van der Waals surface area contributed by atoms with E-state index in [1.54, 1.807) is 7.11 Å². The number of hydrogen-bond acceptors (Lipinski definition) is 4. The molecule has 0 aromatic heterocycles. The highest BCUT2D eigenvalue weighted by molar-refractivity contribution is 9.11. The summed E-state index contributed by atoms with van der Waals surface area (Å²) in [5.41, 5.74) is 1.04. The maximum Gasteiger partial charge on any atom is 0.323 e. The predicted molar refractivity (Wildman–Crippen MR) is 85.9 cm³/mol. The summed E-state index contributed by atoms with van der Waals surface area (Å²) < 4.78 is 11.8. The molecule has 0 unspecified atom stereocenters. The van der Waals surface area contributed by atoms with Crippen molar-refractivity contribution in [2.24, 2.45) is 5.92 Å². The standard InChI is InChI=1S/C14H19Br2NO3/c1-8(2)12(14(18)20-4)17-7-9-5-10(15)13(19-3)11(16)6-9/h5-6,8,12,17H,7H2,1-4H3/t12-/m0/s1. The van der Waals surface area contributed by atoms with Crippen molar-refractivity contribution in [3.8, 4) is 5.75 Å². The molecule has 1 N–H and O–H groups in total. The van der Waals surface area contributed by atoms with Gasteiger partial charge in [0.25, 0.3) is 0 Å². The van der Waals surface area contributed by atoms with Gasteiger partial charge in [-0.15, -0.1) is 0 Å². The summed E-state index contributed by atoms with van der Waals surface area (Å²) in [7, 11) is 3.02. The predicted octanol–water partition coefficient (Wildman–Crippen LogP) is 3.51. The Morgan fingerprint density at radius 3 is 2.20 bits per heavy atom. The molecule has 0 amide bonds. The van der Waals surface area contributed by atoms with Crippen LogP contribution in [-0.4, -0.2) is 26.2 Å². The first-order valence-corrected chi connectivity index (χ1v) is 7.82. The molecule has 0 aliphatic rings. The zero-order valence-electron chi connectivity index (χ0n) is 12.0. The highest BCUT2D eigenvalue weighted by Crippen LogP contribution is 2.34. The van der Waals surface area contributed by atoms with Crippen LogP contribution >= 0.6 is 31.9 Å². The maximum atomic E-state index is 11.7. The van der Waals surface area contributed by atoms with E-state index in [1.165, 1.54) is 7.11 Å². The Balaban J connectivity index is 2.81. The Morgan fingerprint density at radius 1 is 1.25 bits per heavy atom. The second-order valence-electron chi connectivity index (χ2n) is 4.72. The van der Waals surface area contributed by atoms with Crippen LogP contribution in [-0.2, 0) is 16.1 Å². The molecule has 0 bridgehead atoms. The topological polar surface area (TPSA) is 47.6 Å². The van der Waals surface area contributed by atoms with Gasteiger partial charge in [0.15, 0.2) is 0 Å². The number of nitrogens with one attached hydrogen (secondary N) is 1. The molecule has 112 valence electrons. The number of halogens is 2. The molecule has 0 saturated carbocycles. The third kappa shape index (κ3) is 4.46. The fourth-order valence-electron chi connectivity index (χ4n) is 1.86. The zero-order valence-corrected chi connectivity index (χ0v) is 15.2. The molecule has 1 rings (SSSR count). The van der Waals surface area contributed by atoms with E-state index in [9.17, 15) is 4.79 Å². The van der Waals surface area contributed by atoms with Crippen LogP contribution in [0.3, 0.4) is 0 Å². The van der Waals surface area contributed by atoms with Gasteiger partial charge in [-0.1, -0.05) is 13.8 Å². The zero-order chi connectivity index (χ0) is 15.3. The van der Waals surface area contributed by atoms with Gasteiger partial charge in [0.05, 0.1) is 23.2 Å². The Morgan fingerprint density at radius 2 is 1.80 bits per heavy atom. The first kappa shape index (κ1) is 17.5. The van der Waals surface area contributed by atoms with E-state index < -0.39 is 0 Å². The van der Waals surface area contributed by atoms with E-state index in [1.807, 2.05) is 26.0 Å². The lowest BCUT2D eigenvalue weighted by molar-refractivity contribution is -0.144. The van der Waals surface area contributed by atoms with Crippen LogP contribution in [0.5, 0.6) is 5.75 Å². The van der Waals surface area contributed by atoms with Gasteiger partial charge in [0, 0.05) is 6.54 Å². The van der Waals surface area contributed by atoms with Gasteiger partial charge >= 0.3 is 5.97 Å². The third-order valence-corrected chi connectivity index (χ3v) is 4.09. The second kappa shape index (κ2) is 8.00. The Hall–Kier alpha value is -0.590. The molecule has 0 fully saturated rings. The van der Waals surface area contributed by atoms with Crippen molar-refractivity contribution < 1.29 is 14.3 Å². The van der Waals surface area contributed by atoms with E-state index in [0.29, 0.717) is 6.54 Å². The number of hydrogen-bond donors (Lipinski definition) is 1. The number of carbonyl (C=O) groups excluding carboxylic acids is 1. The van der Waals surface area contributed by atoms with Gasteiger partial charge in [0.1, 0.15) is 11.8 Å². The first-order valence-electron chi connectivity index (χ1n) is 6.23. The maximum absolute atomic E-state index is 11.7. The molecule has 0 aliphatic heterocycles. The van der Waals surface area contributed by atoms with Gasteiger partial charge in [-0.3, -0.25) is 4.79 Å². The molecule has 0 aliphatic carbocycles. The quantitative estimate of drug-likeness (QED) is 0.731. The minimum absolute atomic E-state index is 0.160. The van der Waals surface area contributed by atoms with Crippen LogP contribution < -0.4 is 10.1 Å². The van der Waals surface area contributed by atoms with Gasteiger partial charge in [-0.25, -0.2) is 0 Å². The lowest BCUT2D eigenvalue weighted by Crippen LogP contribution is -2.41. The molecular weight excluding hydrogens is 390 g/mol. The van der Waals surface area contributed by atoms with Crippen LogP contribution in [0.4, 0.5) is 0 Å². The normalized spacial score (nSPS) is 12.3. The summed E-state index contributed by atoms with van der Waals surface area (Å²) in [6, 6.07) is 3.61. The number of esters is 1. The Kier molecular flexibility index (Phi) is 6.99. The summed E-state index contributed by atoms with van der Waals surface area (Å²) >= 11 is 6.92. The molecule has 0 radical (unpaired) electrons. The minimum Gasteiger partial charge on any atom is -0.494 e. The third-order valence-electron chi connectivity index (χ3n) is 2.91. The van der Waals surface area contributed by atoms with Crippen LogP contribution in [0, 0.1) is 5.92 Å². The van der Waals surface area contributed by atoms with Gasteiger partial charge < -0.3 is 14.8 Å². The first-order chi connectivity index (χ1) is 9.40. The number of rotatable bonds is 6. The summed E-state index contributed by atoms with van der Waals surface area (Å²) in [5, 5.41) is 3.22. The van der Waals surface area contributed by atoms with E-state index >= 15 is 0 Å². The van der Waals surface area contributed by atoms with Gasteiger partial charge in [0.2, 0.25) is 0 Å². The number of ether oxygens (including phenoxy) is 2. The molecule has 1 aromatic rings. The molecule has 1 atom stereocenters. The van der Waals surface area contributed by atoms with Crippen molar-refractivity contribution in [2.75, 3.05) is 14.2 Å². The highest BCUT2D eigenvalue weighted by atomic mass is 79.9. The van der Waals surface area contributed by atoms with Crippen LogP contribution in [0.1, 0.15) is 19.4 Å². The fraction of sp³-hybridized carbons (Fsp3) is 0.500. The van der Waals surface area contributed by atoms with Crippen LogP contribution in [0.2, 0.25) is 0 Å². The average molecular weight is 409 g/mol. The van der Waals surface area contributed by atoms with Gasteiger partial charge in [-0.05, 0) is 55.5 Å². The van der Waals surface area contributed by atoms with Crippen molar-refractivity contribution >= 4 is 37.8 Å². The SMILES string of the molecule is COC(=O)[C@@H](NCc1cc(Br)c(OC)c(Br)c1)C(C)C. The summed E-state index contributed by atoms with van der Waals surface area (Å²) in [4.78, 5) is 11.7. The summed E-state index contributed by atoms with van der Waals surface area (Å²) in [6.07, 6.45) is 0. The Bertz CT molecular complexity index is 454. The second-order valence-corrected chi connectivity index (χ2v) is 6.43. The Labute approximate surface area is 136 Å². The summed E-state index contributed by atoms with van der Waals surface area (Å²) in [6.45, 7) is 4.53. The lowest BCUT2D eigenvalue weighted by Gasteiger charge is -2.20. The van der Waals surface area contributed by atoms with E-state index in [-0.39, 0.29) is 17.9 Å². The summed E-state index contributed by atoms with van der Waals surface area (Å²) in [5.74, 6) is 0.668. The van der Waals surface area contributed by atoms with E-state index in [2.05, 4.69) is 37.2 Å². The van der Waals surface area contributed by atoms with Gasteiger partial charge in [-0.2, -0.15) is 0 Å². The number of methoxy groups -OCH3 is 2.